The maximum Gasteiger partial charge on any atom is 0.269 e. The Hall–Kier alpha value is -1.28. The third-order valence-corrected chi connectivity index (χ3v) is 3.20. The topological polar surface area (TPSA) is 101 Å². The molecule has 1 aromatic rings. The SMILES string of the molecule is O=C(NC(NC(=O)C(Cl)Cl)c1ccc([N+](=O)[O-])cc1)C(Cl)Cl. The van der Waals surface area contributed by atoms with E-state index in [1.165, 1.54) is 24.3 Å². The minimum Gasteiger partial charge on any atom is -0.330 e. The Balaban J connectivity index is 2.99. The van der Waals surface area contributed by atoms with Gasteiger partial charge in [0.15, 0.2) is 9.67 Å². The molecule has 7 nitrogen and oxygen atoms in total. The highest BCUT2D eigenvalue weighted by atomic mass is 35.5. The number of nitro benzene ring substituents is 1. The van der Waals surface area contributed by atoms with Crippen LogP contribution in [0.2, 0.25) is 0 Å². The summed E-state index contributed by atoms with van der Waals surface area (Å²) >= 11 is 21.7. The van der Waals surface area contributed by atoms with Crippen LogP contribution in [0.4, 0.5) is 5.69 Å². The molecule has 0 aliphatic carbocycles. The first-order chi connectivity index (χ1) is 10.2. The molecular formula is C11H9Cl4N3O4. The monoisotopic (exact) mass is 387 g/mol. The number of rotatable bonds is 6. The summed E-state index contributed by atoms with van der Waals surface area (Å²) in [4.78, 5) is 30.4. The van der Waals surface area contributed by atoms with Crippen LogP contribution in [0, 0.1) is 10.1 Å². The van der Waals surface area contributed by atoms with Gasteiger partial charge in [-0.05, 0) is 17.7 Å². The number of nitrogens with zero attached hydrogens (tertiary/aromatic N) is 1. The molecule has 0 spiro atoms. The molecule has 0 radical (unpaired) electrons. The number of halogens is 4. The van der Waals surface area contributed by atoms with E-state index < -0.39 is 32.6 Å². The van der Waals surface area contributed by atoms with Gasteiger partial charge in [0, 0.05) is 12.1 Å². The molecule has 0 saturated heterocycles. The van der Waals surface area contributed by atoms with Crippen molar-refractivity contribution in [2.24, 2.45) is 0 Å². The fourth-order valence-corrected chi connectivity index (χ4v) is 1.65. The van der Waals surface area contributed by atoms with Crippen LogP contribution in [0.25, 0.3) is 0 Å². The normalized spacial score (nSPS) is 10.9. The predicted octanol–water partition coefficient (Wildman–Crippen LogP) is 2.43. The van der Waals surface area contributed by atoms with Crippen LogP contribution in [0.3, 0.4) is 0 Å². The van der Waals surface area contributed by atoms with Crippen molar-refractivity contribution in [2.45, 2.75) is 15.8 Å². The summed E-state index contributed by atoms with van der Waals surface area (Å²) in [6.45, 7) is 0. The van der Waals surface area contributed by atoms with E-state index in [0.717, 1.165) is 0 Å². The van der Waals surface area contributed by atoms with E-state index in [-0.39, 0.29) is 5.69 Å². The Morgan fingerprint density at radius 1 is 0.955 bits per heavy atom. The van der Waals surface area contributed by atoms with Gasteiger partial charge in [-0.3, -0.25) is 19.7 Å². The molecule has 0 aliphatic rings. The molecule has 2 N–H and O–H groups in total. The molecule has 0 bridgehead atoms. The van der Waals surface area contributed by atoms with Gasteiger partial charge < -0.3 is 10.6 Å². The van der Waals surface area contributed by atoms with E-state index in [1.54, 1.807) is 0 Å². The van der Waals surface area contributed by atoms with Crippen molar-refractivity contribution < 1.29 is 14.5 Å². The minimum atomic E-state index is -1.36. The number of benzene rings is 1. The Labute approximate surface area is 145 Å². The van der Waals surface area contributed by atoms with Gasteiger partial charge in [0.25, 0.3) is 17.5 Å². The molecule has 120 valence electrons. The van der Waals surface area contributed by atoms with Gasteiger partial charge in [0.2, 0.25) is 0 Å². The van der Waals surface area contributed by atoms with Crippen molar-refractivity contribution >= 4 is 63.9 Å². The fourth-order valence-electron chi connectivity index (χ4n) is 1.40. The molecule has 0 aliphatic heterocycles. The number of amides is 2. The molecule has 1 aromatic carbocycles. The lowest BCUT2D eigenvalue weighted by Gasteiger charge is -2.21. The average molecular weight is 389 g/mol. The molecule has 0 saturated carbocycles. The fraction of sp³-hybridized carbons (Fsp3) is 0.273. The van der Waals surface area contributed by atoms with E-state index in [2.05, 4.69) is 10.6 Å². The van der Waals surface area contributed by atoms with E-state index >= 15 is 0 Å². The zero-order valence-electron chi connectivity index (χ0n) is 10.6. The highest BCUT2D eigenvalue weighted by molar-refractivity contribution is 6.54. The van der Waals surface area contributed by atoms with E-state index in [1.807, 2.05) is 0 Å². The average Bonchev–Trinajstić information content (AvgIpc) is 2.46. The lowest BCUT2D eigenvalue weighted by molar-refractivity contribution is -0.384. The van der Waals surface area contributed by atoms with Crippen molar-refractivity contribution in [3.05, 3.63) is 39.9 Å². The number of hydrogen-bond acceptors (Lipinski definition) is 4. The second-order valence-corrected chi connectivity index (χ2v) is 6.09. The van der Waals surface area contributed by atoms with Crippen LogP contribution in [-0.4, -0.2) is 26.4 Å². The van der Waals surface area contributed by atoms with Crippen LogP contribution in [0.5, 0.6) is 0 Å². The number of carbonyl (C=O) groups excluding carboxylic acids is 2. The summed E-state index contributed by atoms with van der Waals surface area (Å²) in [5.41, 5.74) is 0.190. The molecular weight excluding hydrogens is 380 g/mol. The Morgan fingerprint density at radius 3 is 1.68 bits per heavy atom. The molecule has 1 rings (SSSR count). The summed E-state index contributed by atoms with van der Waals surface area (Å²) in [5, 5.41) is 15.3. The van der Waals surface area contributed by atoms with Gasteiger partial charge >= 0.3 is 0 Å². The second kappa shape index (κ2) is 8.38. The maximum absolute atomic E-state index is 11.6. The maximum atomic E-state index is 11.6. The molecule has 2 amide bonds. The van der Waals surface area contributed by atoms with Crippen LogP contribution >= 0.6 is 46.4 Å². The first-order valence-electron chi connectivity index (χ1n) is 5.63. The quantitative estimate of drug-likeness (QED) is 0.338. The van der Waals surface area contributed by atoms with Gasteiger partial charge in [-0.2, -0.15) is 0 Å². The molecule has 0 heterocycles. The first kappa shape index (κ1) is 18.8. The number of carbonyl (C=O) groups is 2. The Bertz CT molecular complexity index is 543. The minimum absolute atomic E-state index is 0.153. The first-order valence-corrected chi connectivity index (χ1v) is 7.38. The Kier molecular flexibility index (Phi) is 7.15. The van der Waals surface area contributed by atoms with Crippen molar-refractivity contribution in [1.82, 2.24) is 10.6 Å². The lowest BCUT2D eigenvalue weighted by Crippen LogP contribution is -2.44. The summed E-state index contributed by atoms with van der Waals surface area (Å²) in [7, 11) is 0. The zero-order chi connectivity index (χ0) is 16.9. The molecule has 0 unspecified atom stereocenters. The van der Waals surface area contributed by atoms with Crippen LogP contribution in [0.15, 0.2) is 24.3 Å². The van der Waals surface area contributed by atoms with Crippen LogP contribution < -0.4 is 10.6 Å². The third-order valence-electron chi connectivity index (χ3n) is 2.41. The lowest BCUT2D eigenvalue weighted by atomic mass is 10.1. The predicted molar refractivity (Wildman–Crippen MR) is 83.1 cm³/mol. The number of nitrogens with one attached hydrogen (secondary N) is 2. The number of alkyl halides is 4. The summed E-state index contributed by atoms with van der Waals surface area (Å²) in [6.07, 6.45) is -1.05. The van der Waals surface area contributed by atoms with Crippen LogP contribution in [0.1, 0.15) is 11.7 Å². The van der Waals surface area contributed by atoms with Gasteiger partial charge in [-0.1, -0.05) is 46.4 Å². The highest BCUT2D eigenvalue weighted by Crippen LogP contribution is 2.18. The van der Waals surface area contributed by atoms with Crippen molar-refractivity contribution in [3.63, 3.8) is 0 Å². The van der Waals surface area contributed by atoms with Gasteiger partial charge in [-0.15, -0.1) is 0 Å². The van der Waals surface area contributed by atoms with Crippen LogP contribution in [-0.2, 0) is 9.59 Å². The smallest absolute Gasteiger partial charge is 0.269 e. The van der Waals surface area contributed by atoms with Gasteiger partial charge in [-0.25, -0.2) is 0 Å². The Morgan fingerprint density at radius 2 is 1.36 bits per heavy atom. The van der Waals surface area contributed by atoms with Gasteiger partial charge in [0.1, 0.15) is 6.17 Å². The van der Waals surface area contributed by atoms with Crippen molar-refractivity contribution in [3.8, 4) is 0 Å². The van der Waals surface area contributed by atoms with E-state index in [9.17, 15) is 19.7 Å². The second-order valence-electron chi connectivity index (χ2n) is 3.90. The number of nitro groups is 1. The third kappa shape index (κ3) is 5.49. The summed E-state index contributed by atoms with van der Waals surface area (Å²) in [6, 6.07) is 5.10. The molecule has 0 aromatic heterocycles. The standard InChI is InChI=1S/C11H9Cl4N3O4/c12-7(13)10(19)16-9(17-11(20)8(14)15)5-1-3-6(4-2-5)18(21)22/h1-4,7-9H,(H,16,19)(H,17,20). The molecule has 0 fully saturated rings. The van der Waals surface area contributed by atoms with Gasteiger partial charge in [0.05, 0.1) is 4.92 Å². The van der Waals surface area contributed by atoms with Crippen molar-refractivity contribution in [1.29, 1.82) is 0 Å². The molecule has 11 heteroatoms. The number of non-ortho nitro benzene ring substituents is 1. The highest BCUT2D eigenvalue weighted by Gasteiger charge is 2.23. The van der Waals surface area contributed by atoms with E-state index in [0.29, 0.717) is 5.56 Å². The number of hydrogen-bond donors (Lipinski definition) is 2. The molecule has 22 heavy (non-hydrogen) atoms. The zero-order valence-corrected chi connectivity index (χ0v) is 13.7. The largest absolute Gasteiger partial charge is 0.330 e. The molecule has 0 atom stereocenters. The summed E-state index contributed by atoms with van der Waals surface area (Å²) < 4.78 is 0. The van der Waals surface area contributed by atoms with Crippen molar-refractivity contribution in [2.75, 3.05) is 0 Å². The summed E-state index contributed by atoms with van der Waals surface area (Å²) in [5.74, 6) is -1.54. The van der Waals surface area contributed by atoms with E-state index in [4.69, 9.17) is 46.4 Å².